The summed E-state index contributed by atoms with van der Waals surface area (Å²) in [5, 5.41) is 3.35. The van der Waals surface area contributed by atoms with Gasteiger partial charge in [-0.25, -0.2) is 4.98 Å². The van der Waals surface area contributed by atoms with Crippen LogP contribution in [0.5, 0.6) is 0 Å². The second-order valence-electron chi connectivity index (χ2n) is 5.06. The molecule has 1 aromatic carbocycles. The number of para-hydroxylation sites is 2. The van der Waals surface area contributed by atoms with Gasteiger partial charge in [0.05, 0.1) is 11.0 Å². The standard InChI is InChI=1S/C16H17BrN4/c1-18-14(11-7-12(17)10-19-9-11)8-16-20-13-5-3-4-6-15(13)21(16)2/h3-7,9-10,14,18H,8H2,1-2H3. The van der Waals surface area contributed by atoms with Crippen LogP contribution in [-0.4, -0.2) is 21.6 Å². The van der Waals surface area contributed by atoms with E-state index in [0.717, 1.165) is 33.3 Å². The molecular weight excluding hydrogens is 328 g/mol. The van der Waals surface area contributed by atoms with E-state index in [1.807, 2.05) is 31.4 Å². The van der Waals surface area contributed by atoms with Crippen LogP contribution in [0.3, 0.4) is 0 Å². The summed E-state index contributed by atoms with van der Waals surface area (Å²) in [7, 11) is 4.03. The van der Waals surface area contributed by atoms with Crippen LogP contribution in [0.1, 0.15) is 17.4 Å². The summed E-state index contributed by atoms with van der Waals surface area (Å²) >= 11 is 3.48. The molecule has 3 rings (SSSR count). The van der Waals surface area contributed by atoms with Crippen molar-refractivity contribution < 1.29 is 0 Å². The maximum Gasteiger partial charge on any atom is 0.111 e. The molecule has 108 valence electrons. The van der Waals surface area contributed by atoms with Gasteiger partial charge in [-0.05, 0) is 46.7 Å². The minimum Gasteiger partial charge on any atom is -0.331 e. The fraction of sp³-hybridized carbons (Fsp3) is 0.250. The number of aromatic nitrogens is 3. The highest BCUT2D eigenvalue weighted by molar-refractivity contribution is 9.10. The van der Waals surface area contributed by atoms with Crippen molar-refractivity contribution in [3.63, 3.8) is 0 Å². The largest absolute Gasteiger partial charge is 0.331 e. The molecule has 0 radical (unpaired) electrons. The molecule has 1 atom stereocenters. The maximum atomic E-state index is 4.74. The Balaban J connectivity index is 1.94. The molecule has 2 aromatic heterocycles. The summed E-state index contributed by atoms with van der Waals surface area (Å²) in [5.74, 6) is 1.07. The minimum absolute atomic E-state index is 0.186. The Morgan fingerprint density at radius 1 is 1.29 bits per heavy atom. The Hall–Kier alpha value is -1.72. The van der Waals surface area contributed by atoms with Crippen LogP contribution in [0.15, 0.2) is 47.2 Å². The van der Waals surface area contributed by atoms with E-state index in [9.17, 15) is 0 Å². The molecule has 0 spiro atoms. The number of aryl methyl sites for hydroxylation is 1. The molecule has 0 saturated heterocycles. The van der Waals surface area contributed by atoms with Crippen LogP contribution in [0.2, 0.25) is 0 Å². The van der Waals surface area contributed by atoms with Gasteiger partial charge in [0, 0.05) is 36.4 Å². The molecular formula is C16H17BrN4. The third-order valence-electron chi connectivity index (χ3n) is 3.74. The van der Waals surface area contributed by atoms with Crippen molar-refractivity contribution in [2.24, 2.45) is 7.05 Å². The number of fused-ring (bicyclic) bond motifs is 1. The Labute approximate surface area is 132 Å². The van der Waals surface area contributed by atoms with E-state index in [0.29, 0.717) is 0 Å². The zero-order valence-corrected chi connectivity index (χ0v) is 13.6. The van der Waals surface area contributed by atoms with Crippen molar-refractivity contribution >= 4 is 27.0 Å². The number of rotatable bonds is 4. The number of nitrogens with zero attached hydrogens (tertiary/aromatic N) is 3. The molecule has 2 heterocycles. The zero-order chi connectivity index (χ0) is 14.8. The monoisotopic (exact) mass is 344 g/mol. The Bertz CT molecular complexity index is 766. The number of halogens is 1. The second kappa shape index (κ2) is 5.95. The van der Waals surface area contributed by atoms with E-state index in [-0.39, 0.29) is 6.04 Å². The fourth-order valence-corrected chi connectivity index (χ4v) is 2.95. The smallest absolute Gasteiger partial charge is 0.111 e. The molecule has 0 amide bonds. The lowest BCUT2D eigenvalue weighted by Gasteiger charge is -2.16. The molecule has 0 fully saturated rings. The van der Waals surface area contributed by atoms with E-state index in [1.165, 1.54) is 0 Å². The quantitative estimate of drug-likeness (QED) is 0.790. The molecule has 0 saturated carbocycles. The molecule has 5 heteroatoms. The van der Waals surface area contributed by atoms with Crippen molar-refractivity contribution in [3.8, 4) is 0 Å². The van der Waals surface area contributed by atoms with Crippen molar-refractivity contribution in [1.82, 2.24) is 19.9 Å². The van der Waals surface area contributed by atoms with Gasteiger partial charge < -0.3 is 9.88 Å². The van der Waals surface area contributed by atoms with E-state index < -0.39 is 0 Å². The summed E-state index contributed by atoms with van der Waals surface area (Å²) < 4.78 is 3.15. The molecule has 0 bridgehead atoms. The Kier molecular flexibility index (Phi) is 4.03. The van der Waals surface area contributed by atoms with Gasteiger partial charge >= 0.3 is 0 Å². The third-order valence-corrected chi connectivity index (χ3v) is 4.18. The van der Waals surface area contributed by atoms with Gasteiger partial charge in [-0.1, -0.05) is 12.1 Å². The van der Waals surface area contributed by atoms with Crippen molar-refractivity contribution in [2.45, 2.75) is 12.5 Å². The summed E-state index contributed by atoms with van der Waals surface area (Å²) in [5.41, 5.74) is 3.35. The van der Waals surface area contributed by atoms with Gasteiger partial charge in [-0.2, -0.15) is 0 Å². The number of nitrogens with one attached hydrogen (secondary N) is 1. The average Bonchev–Trinajstić information content (AvgIpc) is 2.81. The summed E-state index contributed by atoms with van der Waals surface area (Å²) in [6.45, 7) is 0. The molecule has 0 aliphatic carbocycles. The van der Waals surface area contributed by atoms with Crippen LogP contribution in [0.25, 0.3) is 11.0 Å². The highest BCUT2D eigenvalue weighted by Crippen LogP contribution is 2.22. The zero-order valence-electron chi connectivity index (χ0n) is 12.0. The van der Waals surface area contributed by atoms with Gasteiger partial charge in [0.25, 0.3) is 0 Å². The average molecular weight is 345 g/mol. The minimum atomic E-state index is 0.186. The van der Waals surface area contributed by atoms with E-state index in [4.69, 9.17) is 4.98 Å². The van der Waals surface area contributed by atoms with E-state index >= 15 is 0 Å². The first-order valence-electron chi connectivity index (χ1n) is 6.87. The van der Waals surface area contributed by atoms with Crippen molar-refractivity contribution in [3.05, 3.63) is 58.6 Å². The van der Waals surface area contributed by atoms with Gasteiger partial charge in [-0.15, -0.1) is 0 Å². The van der Waals surface area contributed by atoms with Gasteiger partial charge in [0.2, 0.25) is 0 Å². The van der Waals surface area contributed by atoms with Gasteiger partial charge in [0.15, 0.2) is 0 Å². The normalized spacial score (nSPS) is 12.7. The number of likely N-dealkylation sites (N-methyl/N-ethyl adjacent to an activating group) is 1. The SMILES string of the molecule is CNC(Cc1nc2ccccc2n1C)c1cncc(Br)c1. The number of benzene rings is 1. The fourth-order valence-electron chi connectivity index (χ4n) is 2.57. The highest BCUT2D eigenvalue weighted by Gasteiger charge is 2.15. The topological polar surface area (TPSA) is 42.7 Å². The number of pyridine rings is 1. The molecule has 21 heavy (non-hydrogen) atoms. The van der Waals surface area contributed by atoms with Crippen LogP contribution < -0.4 is 5.32 Å². The maximum absolute atomic E-state index is 4.74. The predicted molar refractivity (Wildman–Crippen MR) is 88.2 cm³/mol. The summed E-state index contributed by atoms with van der Waals surface area (Å²) in [6.07, 6.45) is 4.51. The van der Waals surface area contributed by atoms with Crippen LogP contribution in [0, 0.1) is 0 Å². The third kappa shape index (κ3) is 2.84. The molecule has 4 nitrogen and oxygen atoms in total. The first-order chi connectivity index (χ1) is 10.2. The molecule has 1 unspecified atom stereocenters. The lowest BCUT2D eigenvalue weighted by atomic mass is 10.1. The van der Waals surface area contributed by atoms with Crippen LogP contribution in [-0.2, 0) is 13.5 Å². The first kappa shape index (κ1) is 14.2. The molecule has 0 aliphatic heterocycles. The molecule has 0 aliphatic rings. The van der Waals surface area contributed by atoms with Crippen molar-refractivity contribution in [2.75, 3.05) is 7.05 Å². The Morgan fingerprint density at radius 3 is 2.81 bits per heavy atom. The lowest BCUT2D eigenvalue weighted by Crippen LogP contribution is -2.20. The molecule has 3 aromatic rings. The van der Waals surface area contributed by atoms with E-state index in [2.05, 4.69) is 50.0 Å². The summed E-state index contributed by atoms with van der Waals surface area (Å²) in [4.78, 5) is 8.98. The number of hydrogen-bond acceptors (Lipinski definition) is 3. The van der Waals surface area contributed by atoms with Crippen LogP contribution in [0.4, 0.5) is 0 Å². The van der Waals surface area contributed by atoms with Crippen LogP contribution >= 0.6 is 15.9 Å². The Morgan fingerprint density at radius 2 is 2.10 bits per heavy atom. The second-order valence-corrected chi connectivity index (χ2v) is 5.97. The predicted octanol–water partition coefficient (Wildman–Crippen LogP) is 3.23. The summed E-state index contributed by atoms with van der Waals surface area (Å²) in [6, 6.07) is 10.5. The molecule has 1 N–H and O–H groups in total. The number of hydrogen-bond donors (Lipinski definition) is 1. The van der Waals surface area contributed by atoms with E-state index in [1.54, 1.807) is 6.20 Å². The lowest BCUT2D eigenvalue weighted by molar-refractivity contribution is 0.564. The van der Waals surface area contributed by atoms with Crippen molar-refractivity contribution in [1.29, 1.82) is 0 Å². The highest BCUT2D eigenvalue weighted by atomic mass is 79.9. The first-order valence-corrected chi connectivity index (χ1v) is 7.66. The van der Waals surface area contributed by atoms with Gasteiger partial charge in [0.1, 0.15) is 5.82 Å². The number of imidazole rings is 1. The van der Waals surface area contributed by atoms with Gasteiger partial charge in [-0.3, -0.25) is 4.98 Å².